The Morgan fingerprint density at radius 1 is 1.31 bits per heavy atom. The molecular weight excluding hydrogens is 164 g/mol. The second-order valence-corrected chi connectivity index (χ2v) is 4.33. The lowest BCUT2D eigenvalue weighted by molar-refractivity contribution is 0.375. The Kier molecular flexibility index (Phi) is 2.28. The van der Waals surface area contributed by atoms with E-state index >= 15 is 0 Å². The summed E-state index contributed by atoms with van der Waals surface area (Å²) in [6, 6.07) is 0. The van der Waals surface area contributed by atoms with Gasteiger partial charge in [-0.05, 0) is 40.2 Å². The van der Waals surface area contributed by atoms with Crippen molar-refractivity contribution in [2.45, 2.75) is 40.2 Å². The fourth-order valence-electron chi connectivity index (χ4n) is 1.11. The van der Waals surface area contributed by atoms with E-state index in [1.165, 1.54) is 0 Å². The van der Waals surface area contributed by atoms with E-state index in [0.29, 0.717) is 0 Å². The molecule has 3 heteroatoms. The van der Waals surface area contributed by atoms with E-state index in [2.05, 4.69) is 4.98 Å². The van der Waals surface area contributed by atoms with Crippen molar-refractivity contribution in [1.29, 1.82) is 0 Å². The Hall–Kier alpha value is -1.12. The van der Waals surface area contributed by atoms with Crippen LogP contribution in [-0.2, 0) is 5.54 Å². The molecule has 1 aromatic rings. The minimum Gasteiger partial charge on any atom is -0.294 e. The third kappa shape index (κ3) is 1.97. The molecule has 0 N–H and O–H groups in total. The van der Waals surface area contributed by atoms with Gasteiger partial charge in [0.15, 0.2) is 0 Å². The average molecular weight is 180 g/mol. The Morgan fingerprint density at radius 2 is 1.85 bits per heavy atom. The monoisotopic (exact) mass is 180 g/mol. The van der Waals surface area contributed by atoms with Crippen molar-refractivity contribution < 1.29 is 0 Å². The summed E-state index contributed by atoms with van der Waals surface area (Å²) >= 11 is 0. The van der Waals surface area contributed by atoms with Crippen LogP contribution < -0.4 is 5.69 Å². The highest BCUT2D eigenvalue weighted by molar-refractivity contribution is 5.12. The second kappa shape index (κ2) is 2.98. The normalized spacial score (nSPS) is 11.8. The Bertz CT molecular complexity index is 371. The predicted octanol–water partition coefficient (Wildman–Crippen LogP) is 1.62. The molecule has 1 rings (SSSR count). The van der Waals surface area contributed by atoms with Crippen LogP contribution in [0.25, 0.3) is 0 Å². The Labute approximate surface area is 78.4 Å². The van der Waals surface area contributed by atoms with Crippen LogP contribution in [0.3, 0.4) is 0 Å². The van der Waals surface area contributed by atoms with Crippen LogP contribution in [0.4, 0.5) is 0 Å². The molecule has 0 saturated heterocycles. The van der Waals surface area contributed by atoms with Crippen LogP contribution >= 0.6 is 0 Å². The summed E-state index contributed by atoms with van der Waals surface area (Å²) in [5.41, 5.74) is 1.50. The zero-order valence-corrected chi connectivity index (χ0v) is 8.88. The molecule has 0 amide bonds. The molecule has 0 unspecified atom stereocenters. The van der Waals surface area contributed by atoms with Gasteiger partial charge in [0.2, 0.25) is 0 Å². The molecule has 0 atom stereocenters. The van der Waals surface area contributed by atoms with Gasteiger partial charge in [-0.15, -0.1) is 0 Å². The average Bonchev–Trinajstić information content (AvgIpc) is 1.94. The third-order valence-corrected chi connectivity index (χ3v) is 2.09. The van der Waals surface area contributed by atoms with Gasteiger partial charge in [0, 0.05) is 17.4 Å². The zero-order chi connectivity index (χ0) is 10.2. The molecule has 1 heterocycles. The summed E-state index contributed by atoms with van der Waals surface area (Å²) in [6.07, 6.45) is 1.87. The lowest BCUT2D eigenvalue weighted by atomic mass is 10.1. The predicted molar refractivity (Wildman–Crippen MR) is 53.0 cm³/mol. The van der Waals surface area contributed by atoms with Crippen LogP contribution in [-0.4, -0.2) is 9.55 Å². The van der Waals surface area contributed by atoms with Gasteiger partial charge in [0.25, 0.3) is 0 Å². The number of aromatic nitrogens is 2. The van der Waals surface area contributed by atoms with Crippen molar-refractivity contribution in [3.63, 3.8) is 0 Å². The van der Waals surface area contributed by atoms with Gasteiger partial charge >= 0.3 is 5.69 Å². The minimum absolute atomic E-state index is 0.171. The Morgan fingerprint density at radius 3 is 2.31 bits per heavy atom. The molecule has 72 valence electrons. The largest absolute Gasteiger partial charge is 0.348 e. The second-order valence-electron chi connectivity index (χ2n) is 4.33. The summed E-state index contributed by atoms with van der Waals surface area (Å²) in [4.78, 5) is 15.4. The van der Waals surface area contributed by atoms with Crippen LogP contribution in [0.1, 0.15) is 32.0 Å². The summed E-state index contributed by atoms with van der Waals surface area (Å²) in [5, 5.41) is 0. The molecule has 0 aliphatic carbocycles. The minimum atomic E-state index is -0.192. The first-order chi connectivity index (χ1) is 5.82. The van der Waals surface area contributed by atoms with Crippen molar-refractivity contribution in [3.8, 4) is 0 Å². The first kappa shape index (κ1) is 9.96. The van der Waals surface area contributed by atoms with Crippen molar-refractivity contribution in [3.05, 3.63) is 27.9 Å². The van der Waals surface area contributed by atoms with Gasteiger partial charge in [0.1, 0.15) is 0 Å². The van der Waals surface area contributed by atoms with E-state index in [1.807, 2.05) is 40.8 Å². The van der Waals surface area contributed by atoms with E-state index in [0.717, 1.165) is 11.3 Å². The maximum atomic E-state index is 11.5. The fourth-order valence-corrected chi connectivity index (χ4v) is 1.11. The number of hydrogen-bond donors (Lipinski definition) is 0. The standard InChI is InChI=1S/C10H16N2O/c1-7-6-12(10(3,4)5)9(13)11-8(7)2/h6H,1-5H3. The first-order valence-electron chi connectivity index (χ1n) is 4.40. The van der Waals surface area contributed by atoms with Crippen molar-refractivity contribution in [2.75, 3.05) is 0 Å². The number of hydrogen-bond acceptors (Lipinski definition) is 2. The molecule has 0 aliphatic heterocycles. The molecule has 0 saturated carbocycles. The van der Waals surface area contributed by atoms with E-state index in [1.54, 1.807) is 4.57 Å². The molecule has 0 fully saturated rings. The molecular formula is C10H16N2O. The van der Waals surface area contributed by atoms with Crippen LogP contribution in [0, 0.1) is 13.8 Å². The molecule has 3 nitrogen and oxygen atoms in total. The summed E-state index contributed by atoms with van der Waals surface area (Å²) in [5.74, 6) is 0. The number of nitrogens with zero attached hydrogens (tertiary/aromatic N) is 2. The van der Waals surface area contributed by atoms with E-state index < -0.39 is 0 Å². The van der Waals surface area contributed by atoms with Gasteiger partial charge in [-0.25, -0.2) is 4.79 Å². The van der Waals surface area contributed by atoms with Crippen LogP contribution in [0.2, 0.25) is 0 Å². The highest BCUT2D eigenvalue weighted by Gasteiger charge is 2.15. The summed E-state index contributed by atoms with van der Waals surface area (Å²) in [7, 11) is 0. The number of rotatable bonds is 0. The van der Waals surface area contributed by atoms with Gasteiger partial charge < -0.3 is 0 Å². The quantitative estimate of drug-likeness (QED) is 0.608. The van der Waals surface area contributed by atoms with Crippen molar-refractivity contribution in [1.82, 2.24) is 9.55 Å². The van der Waals surface area contributed by atoms with Gasteiger partial charge in [-0.1, -0.05) is 0 Å². The fraction of sp³-hybridized carbons (Fsp3) is 0.600. The maximum Gasteiger partial charge on any atom is 0.348 e. The molecule has 13 heavy (non-hydrogen) atoms. The van der Waals surface area contributed by atoms with E-state index in [4.69, 9.17) is 0 Å². The third-order valence-electron chi connectivity index (χ3n) is 2.09. The topological polar surface area (TPSA) is 34.9 Å². The smallest absolute Gasteiger partial charge is 0.294 e. The van der Waals surface area contributed by atoms with Gasteiger partial charge in [-0.3, -0.25) is 4.57 Å². The SMILES string of the molecule is Cc1cn(C(C)(C)C)c(=O)nc1C. The molecule has 0 bridgehead atoms. The van der Waals surface area contributed by atoms with Crippen LogP contribution in [0.15, 0.2) is 11.0 Å². The van der Waals surface area contributed by atoms with Gasteiger partial charge in [0.05, 0.1) is 0 Å². The first-order valence-corrected chi connectivity index (χ1v) is 4.40. The zero-order valence-electron chi connectivity index (χ0n) is 8.88. The molecule has 0 spiro atoms. The van der Waals surface area contributed by atoms with Crippen LogP contribution in [0.5, 0.6) is 0 Å². The summed E-state index contributed by atoms with van der Waals surface area (Å²) < 4.78 is 1.66. The van der Waals surface area contributed by atoms with E-state index in [-0.39, 0.29) is 11.2 Å². The summed E-state index contributed by atoms with van der Waals surface area (Å²) in [6.45, 7) is 9.79. The van der Waals surface area contributed by atoms with Gasteiger partial charge in [-0.2, -0.15) is 4.98 Å². The van der Waals surface area contributed by atoms with Crippen molar-refractivity contribution >= 4 is 0 Å². The molecule has 1 aromatic heterocycles. The lowest BCUT2D eigenvalue weighted by Gasteiger charge is -2.22. The molecule has 0 aromatic carbocycles. The highest BCUT2D eigenvalue weighted by atomic mass is 16.1. The lowest BCUT2D eigenvalue weighted by Crippen LogP contribution is -2.35. The maximum absolute atomic E-state index is 11.5. The van der Waals surface area contributed by atoms with E-state index in [9.17, 15) is 4.79 Å². The van der Waals surface area contributed by atoms with Crippen molar-refractivity contribution in [2.24, 2.45) is 0 Å². The molecule has 0 radical (unpaired) electrons. The number of aryl methyl sites for hydroxylation is 2. The highest BCUT2D eigenvalue weighted by Crippen LogP contribution is 2.11. The Balaban J connectivity index is 3.41. The molecule has 0 aliphatic rings.